The first-order valence-electron chi connectivity index (χ1n) is 7.45. The Balaban J connectivity index is 2.38. The zero-order chi connectivity index (χ0) is 15.6. The van der Waals surface area contributed by atoms with E-state index in [0.29, 0.717) is 0 Å². The van der Waals surface area contributed by atoms with Crippen molar-refractivity contribution in [3.05, 3.63) is 64.2 Å². The summed E-state index contributed by atoms with van der Waals surface area (Å²) in [6.07, 6.45) is -0.134. The summed E-state index contributed by atoms with van der Waals surface area (Å²) >= 11 is 0. The van der Waals surface area contributed by atoms with E-state index in [2.05, 4.69) is 64.1 Å². The summed E-state index contributed by atoms with van der Waals surface area (Å²) in [5, 5.41) is 0. The van der Waals surface area contributed by atoms with Crippen molar-refractivity contribution in [3.8, 4) is 5.75 Å². The fourth-order valence-electron chi connectivity index (χ4n) is 2.59. The Morgan fingerprint density at radius 3 is 2.29 bits per heavy atom. The highest BCUT2D eigenvalue weighted by Crippen LogP contribution is 2.30. The predicted octanol–water partition coefficient (Wildman–Crippen LogP) is 4.39. The molecule has 0 saturated heterocycles. The van der Waals surface area contributed by atoms with E-state index in [-0.39, 0.29) is 12.1 Å². The van der Waals surface area contributed by atoms with Crippen LogP contribution in [0.4, 0.5) is 0 Å². The minimum absolute atomic E-state index is 0.0768. The molecular formula is C19H25NO. The van der Waals surface area contributed by atoms with E-state index in [4.69, 9.17) is 10.5 Å². The number of nitrogens with two attached hydrogens (primary N) is 1. The average molecular weight is 283 g/mol. The molecule has 2 aromatic rings. The number of benzene rings is 2. The molecule has 0 aliphatic rings. The maximum absolute atomic E-state index is 6.28. The van der Waals surface area contributed by atoms with E-state index in [9.17, 15) is 0 Å². The van der Waals surface area contributed by atoms with Gasteiger partial charge in [0.15, 0.2) is 0 Å². The van der Waals surface area contributed by atoms with Crippen molar-refractivity contribution in [2.75, 3.05) is 0 Å². The maximum atomic E-state index is 6.28. The summed E-state index contributed by atoms with van der Waals surface area (Å²) in [6.45, 7) is 10.4. The first kappa shape index (κ1) is 15.6. The van der Waals surface area contributed by atoms with Crippen LogP contribution in [-0.2, 0) is 0 Å². The topological polar surface area (TPSA) is 35.2 Å². The number of aryl methyl sites for hydroxylation is 3. The molecule has 2 aromatic carbocycles. The lowest BCUT2D eigenvalue weighted by atomic mass is 10.0. The van der Waals surface area contributed by atoms with Crippen molar-refractivity contribution in [3.63, 3.8) is 0 Å². The quantitative estimate of drug-likeness (QED) is 0.903. The lowest BCUT2D eigenvalue weighted by molar-refractivity contribution is 0.179. The van der Waals surface area contributed by atoms with Gasteiger partial charge in [-0.05, 0) is 62.9 Å². The summed E-state index contributed by atoms with van der Waals surface area (Å²) in [4.78, 5) is 0. The summed E-state index contributed by atoms with van der Waals surface area (Å²) in [7, 11) is 0. The van der Waals surface area contributed by atoms with Crippen molar-refractivity contribution >= 4 is 0 Å². The summed E-state index contributed by atoms with van der Waals surface area (Å²) in [5.41, 5.74) is 12.2. The van der Waals surface area contributed by atoms with Gasteiger partial charge >= 0.3 is 0 Å². The van der Waals surface area contributed by atoms with Gasteiger partial charge in [-0.15, -0.1) is 0 Å². The smallest absolute Gasteiger partial charge is 0.138 e. The lowest BCUT2D eigenvalue weighted by Gasteiger charge is -2.25. The minimum Gasteiger partial charge on any atom is -0.484 e. The van der Waals surface area contributed by atoms with Crippen LogP contribution < -0.4 is 10.5 Å². The maximum Gasteiger partial charge on any atom is 0.138 e. The van der Waals surface area contributed by atoms with Gasteiger partial charge in [-0.3, -0.25) is 0 Å². The van der Waals surface area contributed by atoms with E-state index in [0.717, 1.165) is 11.3 Å². The van der Waals surface area contributed by atoms with Crippen molar-refractivity contribution in [1.82, 2.24) is 0 Å². The first-order valence-corrected chi connectivity index (χ1v) is 7.45. The van der Waals surface area contributed by atoms with Gasteiger partial charge in [-0.25, -0.2) is 0 Å². The van der Waals surface area contributed by atoms with Gasteiger partial charge in [0.1, 0.15) is 11.9 Å². The molecule has 0 radical (unpaired) electrons. The van der Waals surface area contributed by atoms with Gasteiger partial charge in [0.2, 0.25) is 0 Å². The normalized spacial score (nSPS) is 13.8. The van der Waals surface area contributed by atoms with Gasteiger partial charge in [-0.2, -0.15) is 0 Å². The zero-order valence-corrected chi connectivity index (χ0v) is 13.6. The van der Waals surface area contributed by atoms with Crippen molar-refractivity contribution in [2.24, 2.45) is 5.73 Å². The molecule has 2 unspecified atom stereocenters. The van der Waals surface area contributed by atoms with Crippen LogP contribution in [0.2, 0.25) is 0 Å². The van der Waals surface area contributed by atoms with Gasteiger partial charge in [-0.1, -0.05) is 35.9 Å². The Kier molecular flexibility index (Phi) is 4.69. The van der Waals surface area contributed by atoms with Gasteiger partial charge in [0.05, 0.1) is 0 Å². The molecule has 0 spiro atoms. The molecule has 112 valence electrons. The Labute approximate surface area is 127 Å². The Bertz CT molecular complexity index is 631. The SMILES string of the molecule is Cc1cccc(C(Oc2cc(C)cc(C)c2C)C(C)N)c1. The van der Waals surface area contributed by atoms with E-state index in [1.807, 2.05) is 6.92 Å². The van der Waals surface area contributed by atoms with Crippen LogP contribution in [0.1, 0.15) is 40.8 Å². The van der Waals surface area contributed by atoms with E-state index in [1.54, 1.807) is 0 Å². The van der Waals surface area contributed by atoms with Crippen LogP contribution in [0, 0.1) is 27.7 Å². The highest BCUT2D eigenvalue weighted by atomic mass is 16.5. The summed E-state index contributed by atoms with van der Waals surface area (Å²) in [5.74, 6) is 0.927. The predicted molar refractivity (Wildman–Crippen MR) is 88.9 cm³/mol. The highest BCUT2D eigenvalue weighted by molar-refractivity contribution is 5.42. The molecule has 0 aliphatic carbocycles. The van der Waals surface area contributed by atoms with Crippen LogP contribution in [0.3, 0.4) is 0 Å². The molecule has 2 atom stereocenters. The third-order valence-corrected chi connectivity index (χ3v) is 3.87. The van der Waals surface area contributed by atoms with Crippen LogP contribution in [-0.4, -0.2) is 6.04 Å². The number of rotatable bonds is 4. The van der Waals surface area contributed by atoms with Crippen LogP contribution in [0.5, 0.6) is 5.75 Å². The molecule has 21 heavy (non-hydrogen) atoms. The number of hydrogen-bond acceptors (Lipinski definition) is 2. The Hall–Kier alpha value is -1.80. The third-order valence-electron chi connectivity index (χ3n) is 3.87. The standard InChI is InChI=1S/C19H25NO/c1-12-7-6-8-17(10-12)19(16(5)20)21-18-11-13(2)9-14(3)15(18)4/h6-11,16,19H,20H2,1-5H3. The largest absolute Gasteiger partial charge is 0.484 e. The minimum atomic E-state index is -0.134. The molecule has 0 fully saturated rings. The number of hydrogen-bond donors (Lipinski definition) is 1. The molecule has 2 rings (SSSR count). The Morgan fingerprint density at radius 1 is 0.952 bits per heavy atom. The third kappa shape index (κ3) is 3.64. The molecule has 0 bridgehead atoms. The number of ether oxygens (including phenoxy) is 1. The van der Waals surface area contributed by atoms with E-state index < -0.39 is 0 Å². The molecule has 0 heterocycles. The fourth-order valence-corrected chi connectivity index (χ4v) is 2.59. The molecule has 0 aromatic heterocycles. The molecule has 0 amide bonds. The molecular weight excluding hydrogens is 258 g/mol. The Morgan fingerprint density at radius 2 is 1.67 bits per heavy atom. The molecule has 0 aliphatic heterocycles. The van der Waals surface area contributed by atoms with Crippen molar-refractivity contribution in [2.45, 2.75) is 46.8 Å². The van der Waals surface area contributed by atoms with Gasteiger partial charge in [0, 0.05) is 6.04 Å². The highest BCUT2D eigenvalue weighted by Gasteiger charge is 2.19. The van der Waals surface area contributed by atoms with Gasteiger partial charge in [0.25, 0.3) is 0 Å². The average Bonchev–Trinajstić information content (AvgIpc) is 2.40. The van der Waals surface area contributed by atoms with Crippen molar-refractivity contribution in [1.29, 1.82) is 0 Å². The molecule has 2 nitrogen and oxygen atoms in total. The van der Waals surface area contributed by atoms with Crippen LogP contribution in [0.15, 0.2) is 36.4 Å². The second-order valence-electron chi connectivity index (χ2n) is 6.02. The monoisotopic (exact) mass is 283 g/mol. The zero-order valence-electron chi connectivity index (χ0n) is 13.6. The fraction of sp³-hybridized carbons (Fsp3) is 0.368. The molecule has 2 N–H and O–H groups in total. The second kappa shape index (κ2) is 6.31. The van der Waals surface area contributed by atoms with Crippen LogP contribution >= 0.6 is 0 Å². The second-order valence-corrected chi connectivity index (χ2v) is 6.02. The summed E-state index contributed by atoms with van der Waals surface area (Å²) in [6, 6.07) is 12.6. The van der Waals surface area contributed by atoms with E-state index >= 15 is 0 Å². The van der Waals surface area contributed by atoms with Gasteiger partial charge < -0.3 is 10.5 Å². The van der Waals surface area contributed by atoms with Crippen molar-refractivity contribution < 1.29 is 4.74 Å². The molecule has 0 saturated carbocycles. The van der Waals surface area contributed by atoms with E-state index in [1.165, 1.54) is 22.3 Å². The molecule has 2 heteroatoms. The lowest BCUT2D eigenvalue weighted by Crippen LogP contribution is -2.29. The van der Waals surface area contributed by atoms with Crippen LogP contribution in [0.25, 0.3) is 0 Å². The first-order chi connectivity index (χ1) is 9.88. The summed E-state index contributed by atoms with van der Waals surface area (Å²) < 4.78 is 6.28.